The number of aromatic nitrogens is 2. The Kier molecular flexibility index (Phi) is 11.6. The lowest BCUT2D eigenvalue weighted by atomic mass is 10.1. The molecule has 0 bridgehead atoms. The lowest BCUT2D eigenvalue weighted by molar-refractivity contribution is 0.0209. The number of carbonyl (C=O) groups excluding carboxylic acids is 4. The second-order valence-corrected chi connectivity index (χ2v) is 13.8. The van der Waals surface area contributed by atoms with Crippen LogP contribution in [0.2, 0.25) is 0 Å². The summed E-state index contributed by atoms with van der Waals surface area (Å²) in [6.45, 7) is 7.05. The summed E-state index contributed by atoms with van der Waals surface area (Å²) in [7, 11) is -4.27. The van der Waals surface area contributed by atoms with Crippen molar-refractivity contribution in [1.82, 2.24) is 34.1 Å². The molecule has 256 valence electrons. The second kappa shape index (κ2) is 15.4. The first-order valence-corrected chi connectivity index (χ1v) is 16.9. The van der Waals surface area contributed by atoms with Gasteiger partial charge in [0.1, 0.15) is 12.2 Å². The number of piperazine rings is 1. The fraction of sp³-hybridized carbons (Fsp3) is 0.533. The van der Waals surface area contributed by atoms with Crippen molar-refractivity contribution in [2.75, 3.05) is 51.2 Å². The number of amides is 5. The molecule has 1 saturated heterocycles. The molecule has 4 rings (SSSR count). The molecule has 1 aromatic heterocycles. The number of anilines is 1. The monoisotopic (exact) mass is 674 g/mol. The van der Waals surface area contributed by atoms with E-state index < -0.39 is 39.9 Å². The van der Waals surface area contributed by atoms with Crippen LogP contribution >= 0.6 is 0 Å². The van der Waals surface area contributed by atoms with E-state index >= 15 is 0 Å². The van der Waals surface area contributed by atoms with Crippen molar-refractivity contribution in [3.8, 4) is 0 Å². The summed E-state index contributed by atoms with van der Waals surface area (Å²) in [6.07, 6.45) is 2.98. The molecule has 1 aromatic carbocycles. The third-order valence-corrected chi connectivity index (χ3v) is 8.81. The Hall–Kier alpha value is -4.51. The highest BCUT2D eigenvalue weighted by Gasteiger charge is 2.32. The van der Waals surface area contributed by atoms with E-state index in [9.17, 15) is 27.6 Å². The molecule has 47 heavy (non-hydrogen) atoms. The molecule has 0 radical (unpaired) electrons. The van der Waals surface area contributed by atoms with Crippen LogP contribution in [-0.2, 0) is 32.5 Å². The lowest BCUT2D eigenvalue weighted by Gasteiger charge is -2.33. The van der Waals surface area contributed by atoms with E-state index in [2.05, 4.69) is 20.6 Å². The Morgan fingerprint density at radius 2 is 1.62 bits per heavy atom. The molecule has 0 saturated carbocycles. The maximum atomic E-state index is 13.1. The van der Waals surface area contributed by atoms with Gasteiger partial charge in [0.05, 0.1) is 6.54 Å². The maximum absolute atomic E-state index is 13.1. The van der Waals surface area contributed by atoms with Gasteiger partial charge in [-0.1, -0.05) is 31.2 Å². The first-order valence-electron chi connectivity index (χ1n) is 15.4. The summed E-state index contributed by atoms with van der Waals surface area (Å²) >= 11 is 0. The number of nitrogens with zero attached hydrogens (tertiary/aromatic N) is 5. The molecule has 1 aliphatic carbocycles. The van der Waals surface area contributed by atoms with Crippen molar-refractivity contribution in [2.24, 2.45) is 0 Å². The van der Waals surface area contributed by atoms with Crippen LogP contribution < -0.4 is 15.4 Å². The predicted octanol–water partition coefficient (Wildman–Crippen LogP) is 2.14. The van der Waals surface area contributed by atoms with E-state index in [1.54, 1.807) is 20.8 Å². The molecule has 1 aliphatic heterocycles. The van der Waals surface area contributed by atoms with Gasteiger partial charge in [-0.15, -0.1) is 0 Å². The van der Waals surface area contributed by atoms with E-state index in [1.165, 1.54) is 33.3 Å². The van der Waals surface area contributed by atoms with Gasteiger partial charge in [0, 0.05) is 51.2 Å². The molecular weight excluding hydrogens is 632 g/mol. The summed E-state index contributed by atoms with van der Waals surface area (Å²) in [5, 5.41) is 5.57. The molecule has 2 heterocycles. The number of hydrogen-bond acceptors (Lipinski definition) is 10. The summed E-state index contributed by atoms with van der Waals surface area (Å²) in [4.78, 5) is 61.7. The molecular formula is C30H42N8O8S. The molecule has 2 aromatic rings. The van der Waals surface area contributed by atoms with E-state index in [-0.39, 0.29) is 56.9 Å². The van der Waals surface area contributed by atoms with Gasteiger partial charge in [-0.3, -0.25) is 10.1 Å². The van der Waals surface area contributed by atoms with Gasteiger partial charge in [-0.05, 0) is 51.2 Å². The molecule has 3 N–H and O–H groups in total. The fourth-order valence-electron chi connectivity index (χ4n) is 5.16. The largest absolute Gasteiger partial charge is 0.447 e. The molecule has 0 spiro atoms. The first-order chi connectivity index (χ1) is 22.3. The van der Waals surface area contributed by atoms with Crippen molar-refractivity contribution < 1.29 is 37.1 Å². The fourth-order valence-corrected chi connectivity index (χ4v) is 6.20. The molecule has 0 atom stereocenters. The van der Waals surface area contributed by atoms with Crippen molar-refractivity contribution in [1.29, 1.82) is 0 Å². The SMILES string of the molecule is CCCN(CCOC(=O)NS(=O)(=O)N1CCN(C(=O)Nc2nccnc2C(=O)NC2Cc3ccccc3C2)CC1)C(=O)OC(C)(C)C. The summed E-state index contributed by atoms with van der Waals surface area (Å²) < 4.78 is 38.9. The highest BCUT2D eigenvalue weighted by Crippen LogP contribution is 2.22. The van der Waals surface area contributed by atoms with Crippen molar-refractivity contribution >= 4 is 40.2 Å². The van der Waals surface area contributed by atoms with Gasteiger partial charge in [0.15, 0.2) is 11.5 Å². The summed E-state index contributed by atoms with van der Waals surface area (Å²) in [6, 6.07) is 7.27. The summed E-state index contributed by atoms with van der Waals surface area (Å²) in [5.74, 6) is -0.489. The highest BCUT2D eigenvalue weighted by molar-refractivity contribution is 7.87. The lowest BCUT2D eigenvalue weighted by Crippen LogP contribution is -2.55. The normalized spacial score (nSPS) is 15.4. The van der Waals surface area contributed by atoms with E-state index in [0.29, 0.717) is 25.8 Å². The van der Waals surface area contributed by atoms with E-state index in [0.717, 1.165) is 4.31 Å². The number of hydrogen-bond donors (Lipinski definition) is 3. The van der Waals surface area contributed by atoms with Crippen molar-refractivity contribution in [3.05, 3.63) is 53.5 Å². The minimum atomic E-state index is -4.27. The number of benzene rings is 1. The van der Waals surface area contributed by atoms with Crippen LogP contribution in [-0.4, -0.2) is 114 Å². The van der Waals surface area contributed by atoms with Gasteiger partial charge in [-0.25, -0.2) is 29.1 Å². The molecule has 17 heteroatoms. The van der Waals surface area contributed by atoms with Crippen LogP contribution in [0.3, 0.4) is 0 Å². The number of nitrogens with one attached hydrogen (secondary N) is 3. The van der Waals surface area contributed by atoms with Gasteiger partial charge in [-0.2, -0.15) is 12.7 Å². The average molecular weight is 675 g/mol. The topological polar surface area (TPSA) is 192 Å². The second-order valence-electron chi connectivity index (χ2n) is 12.1. The number of urea groups is 1. The zero-order valence-electron chi connectivity index (χ0n) is 27.0. The van der Waals surface area contributed by atoms with Gasteiger partial charge >= 0.3 is 28.4 Å². The molecule has 1 fully saturated rings. The third-order valence-electron chi connectivity index (χ3n) is 7.34. The van der Waals surface area contributed by atoms with E-state index in [4.69, 9.17) is 9.47 Å². The van der Waals surface area contributed by atoms with Crippen LogP contribution in [0.1, 0.15) is 55.7 Å². The molecule has 0 unspecified atom stereocenters. The highest BCUT2D eigenvalue weighted by atomic mass is 32.2. The number of rotatable bonds is 10. The predicted molar refractivity (Wildman–Crippen MR) is 171 cm³/mol. The zero-order chi connectivity index (χ0) is 34.2. The quantitative estimate of drug-likeness (QED) is 0.336. The van der Waals surface area contributed by atoms with Gasteiger partial charge < -0.3 is 24.6 Å². The maximum Gasteiger partial charge on any atom is 0.421 e. The number of ether oxygens (including phenoxy) is 2. The smallest absolute Gasteiger partial charge is 0.421 e. The Labute approximate surface area is 274 Å². The van der Waals surface area contributed by atoms with Gasteiger partial charge in [0.2, 0.25) is 0 Å². The van der Waals surface area contributed by atoms with Crippen molar-refractivity contribution in [3.63, 3.8) is 0 Å². The van der Waals surface area contributed by atoms with E-state index in [1.807, 2.05) is 35.9 Å². The van der Waals surface area contributed by atoms with Crippen LogP contribution in [0.25, 0.3) is 0 Å². The first kappa shape index (κ1) is 35.3. The molecule has 16 nitrogen and oxygen atoms in total. The van der Waals surface area contributed by atoms with Crippen LogP contribution in [0.4, 0.5) is 20.2 Å². The minimum absolute atomic E-state index is 0.00574. The van der Waals surface area contributed by atoms with Crippen LogP contribution in [0.5, 0.6) is 0 Å². The van der Waals surface area contributed by atoms with Crippen molar-refractivity contribution in [2.45, 2.75) is 58.6 Å². The molecule has 2 aliphatic rings. The zero-order valence-corrected chi connectivity index (χ0v) is 27.8. The Bertz CT molecular complexity index is 1530. The van der Waals surface area contributed by atoms with Crippen LogP contribution in [0, 0.1) is 0 Å². The molecule has 5 amide bonds. The Balaban J connectivity index is 1.23. The average Bonchev–Trinajstić information content (AvgIpc) is 3.42. The number of carbonyl (C=O) groups is 4. The Morgan fingerprint density at radius 3 is 2.23 bits per heavy atom. The number of fused-ring (bicyclic) bond motifs is 1. The van der Waals surface area contributed by atoms with Gasteiger partial charge in [0.25, 0.3) is 5.91 Å². The summed E-state index contributed by atoms with van der Waals surface area (Å²) in [5.41, 5.74) is 1.61. The standard InChI is InChI=1S/C30H42N8O8S/c1-5-12-37(29(42)46-30(2,3)4)17-18-45-28(41)35-47(43,44)38-15-13-36(14-16-38)27(40)34-25-24(31-10-11-32-25)26(39)33-23-19-21-8-6-7-9-22(21)20-23/h6-11,23H,5,12-20H2,1-4H3,(H,33,39)(H,35,41)(H,32,34,40). The van der Waals surface area contributed by atoms with Crippen LogP contribution in [0.15, 0.2) is 36.7 Å². The Morgan fingerprint density at radius 1 is 0.979 bits per heavy atom. The minimum Gasteiger partial charge on any atom is -0.447 e. The third kappa shape index (κ3) is 9.99.